The van der Waals surface area contributed by atoms with E-state index in [1.165, 1.54) is 22.7 Å². The molecule has 27 heavy (non-hydrogen) atoms. The minimum atomic E-state index is -0.239. The molecule has 5 rings (SSSR count). The SMILES string of the molecule is Fc1ccccc1-n1ncc2c1CCCC2NCc1cc2ccccc2[nH]1. The highest BCUT2D eigenvalue weighted by molar-refractivity contribution is 5.80. The number of para-hydroxylation sites is 2. The zero-order valence-corrected chi connectivity index (χ0v) is 15.0. The second-order valence-electron chi connectivity index (χ2n) is 7.12. The average Bonchev–Trinajstić information content (AvgIpc) is 3.31. The van der Waals surface area contributed by atoms with Crippen LogP contribution >= 0.6 is 0 Å². The summed E-state index contributed by atoms with van der Waals surface area (Å²) in [6, 6.07) is 17.6. The van der Waals surface area contributed by atoms with Gasteiger partial charge in [-0.25, -0.2) is 9.07 Å². The molecule has 1 aliphatic carbocycles. The lowest BCUT2D eigenvalue weighted by atomic mass is 9.93. The first kappa shape index (κ1) is 16.3. The molecule has 0 aliphatic heterocycles. The monoisotopic (exact) mass is 360 g/mol. The maximum absolute atomic E-state index is 14.2. The van der Waals surface area contributed by atoms with Crippen LogP contribution in [-0.2, 0) is 13.0 Å². The lowest BCUT2D eigenvalue weighted by Gasteiger charge is -2.24. The van der Waals surface area contributed by atoms with Crippen molar-refractivity contribution in [2.45, 2.75) is 31.8 Å². The molecule has 4 nitrogen and oxygen atoms in total. The predicted octanol–water partition coefficient (Wildman–Crippen LogP) is 4.66. The summed E-state index contributed by atoms with van der Waals surface area (Å²) in [5.74, 6) is -0.239. The highest BCUT2D eigenvalue weighted by Gasteiger charge is 2.25. The molecule has 2 aromatic carbocycles. The Kier molecular flexibility index (Phi) is 4.02. The molecule has 0 radical (unpaired) electrons. The molecule has 1 aliphatic rings. The van der Waals surface area contributed by atoms with Gasteiger partial charge in [0.05, 0.1) is 6.20 Å². The van der Waals surface area contributed by atoms with Crippen LogP contribution in [0.1, 0.15) is 35.8 Å². The molecule has 1 atom stereocenters. The molecular formula is C22H21FN4. The van der Waals surface area contributed by atoms with Crippen LogP contribution in [0.4, 0.5) is 4.39 Å². The van der Waals surface area contributed by atoms with E-state index in [2.05, 4.69) is 39.7 Å². The first-order valence-corrected chi connectivity index (χ1v) is 9.41. The lowest BCUT2D eigenvalue weighted by molar-refractivity contribution is 0.452. The Balaban J connectivity index is 1.39. The number of fused-ring (bicyclic) bond motifs is 2. The van der Waals surface area contributed by atoms with Crippen molar-refractivity contribution < 1.29 is 4.39 Å². The number of benzene rings is 2. The Hall–Kier alpha value is -2.92. The van der Waals surface area contributed by atoms with Crippen molar-refractivity contribution in [3.05, 3.63) is 83.6 Å². The molecule has 0 amide bonds. The van der Waals surface area contributed by atoms with Crippen molar-refractivity contribution in [3.8, 4) is 5.69 Å². The Morgan fingerprint density at radius 2 is 2.00 bits per heavy atom. The van der Waals surface area contributed by atoms with Gasteiger partial charge >= 0.3 is 0 Å². The van der Waals surface area contributed by atoms with Gasteiger partial charge in [-0.1, -0.05) is 30.3 Å². The predicted molar refractivity (Wildman–Crippen MR) is 104 cm³/mol. The minimum Gasteiger partial charge on any atom is -0.357 e. The molecule has 2 aromatic heterocycles. The van der Waals surface area contributed by atoms with Gasteiger partial charge in [0, 0.05) is 35.1 Å². The zero-order chi connectivity index (χ0) is 18.2. The van der Waals surface area contributed by atoms with Crippen LogP contribution in [0, 0.1) is 5.82 Å². The maximum atomic E-state index is 14.2. The van der Waals surface area contributed by atoms with E-state index < -0.39 is 0 Å². The van der Waals surface area contributed by atoms with E-state index in [4.69, 9.17) is 0 Å². The van der Waals surface area contributed by atoms with Crippen LogP contribution in [0.3, 0.4) is 0 Å². The zero-order valence-electron chi connectivity index (χ0n) is 15.0. The van der Waals surface area contributed by atoms with Crippen molar-refractivity contribution in [1.29, 1.82) is 0 Å². The fraction of sp³-hybridized carbons (Fsp3) is 0.227. The largest absolute Gasteiger partial charge is 0.357 e. The molecule has 4 aromatic rings. The lowest BCUT2D eigenvalue weighted by Crippen LogP contribution is -2.25. The van der Waals surface area contributed by atoms with E-state index in [1.54, 1.807) is 16.8 Å². The normalized spacial score (nSPS) is 16.6. The van der Waals surface area contributed by atoms with Crippen LogP contribution < -0.4 is 5.32 Å². The Bertz CT molecular complexity index is 1060. The topological polar surface area (TPSA) is 45.6 Å². The van der Waals surface area contributed by atoms with E-state index in [-0.39, 0.29) is 11.9 Å². The van der Waals surface area contributed by atoms with Gasteiger partial charge in [-0.15, -0.1) is 0 Å². The van der Waals surface area contributed by atoms with Crippen molar-refractivity contribution >= 4 is 10.9 Å². The molecule has 0 saturated heterocycles. The van der Waals surface area contributed by atoms with Crippen LogP contribution in [0.15, 0.2) is 60.8 Å². The molecule has 5 heteroatoms. The van der Waals surface area contributed by atoms with Gasteiger partial charge in [-0.05, 0) is 48.9 Å². The quantitative estimate of drug-likeness (QED) is 0.556. The van der Waals surface area contributed by atoms with Gasteiger partial charge < -0.3 is 10.3 Å². The summed E-state index contributed by atoms with van der Waals surface area (Å²) in [4.78, 5) is 3.46. The molecule has 136 valence electrons. The number of hydrogen-bond acceptors (Lipinski definition) is 2. The van der Waals surface area contributed by atoms with Crippen molar-refractivity contribution in [1.82, 2.24) is 20.1 Å². The summed E-state index contributed by atoms with van der Waals surface area (Å²) in [6.07, 6.45) is 4.95. The molecule has 0 bridgehead atoms. The fourth-order valence-electron chi connectivity index (χ4n) is 4.06. The number of rotatable bonds is 4. The number of aromatic nitrogens is 3. The first-order chi connectivity index (χ1) is 13.3. The van der Waals surface area contributed by atoms with E-state index in [0.717, 1.165) is 37.0 Å². The van der Waals surface area contributed by atoms with Gasteiger partial charge in [0.2, 0.25) is 0 Å². The second-order valence-corrected chi connectivity index (χ2v) is 7.12. The summed E-state index contributed by atoms with van der Waals surface area (Å²) < 4.78 is 16.0. The third-order valence-electron chi connectivity index (χ3n) is 5.39. The smallest absolute Gasteiger partial charge is 0.148 e. The number of hydrogen-bond donors (Lipinski definition) is 2. The Labute approximate surface area is 157 Å². The number of nitrogens with zero attached hydrogens (tertiary/aromatic N) is 2. The van der Waals surface area contributed by atoms with Crippen LogP contribution in [-0.4, -0.2) is 14.8 Å². The van der Waals surface area contributed by atoms with E-state index in [1.807, 2.05) is 18.3 Å². The van der Waals surface area contributed by atoms with Crippen LogP contribution in [0.2, 0.25) is 0 Å². The Morgan fingerprint density at radius 1 is 1.15 bits per heavy atom. The fourth-order valence-corrected chi connectivity index (χ4v) is 4.06. The van der Waals surface area contributed by atoms with E-state index in [9.17, 15) is 4.39 Å². The minimum absolute atomic E-state index is 0.237. The molecule has 0 fully saturated rings. The van der Waals surface area contributed by atoms with Gasteiger partial charge in [-0.3, -0.25) is 0 Å². The third-order valence-corrected chi connectivity index (χ3v) is 5.39. The highest BCUT2D eigenvalue weighted by atomic mass is 19.1. The standard InChI is InChI=1S/C22H21FN4/c23-18-7-2-4-10-22(18)27-21-11-5-9-20(17(21)14-25-27)24-13-16-12-15-6-1-3-8-19(15)26-16/h1-4,6-8,10,12,14,20,24,26H,5,9,11,13H2. The van der Waals surface area contributed by atoms with Crippen molar-refractivity contribution in [2.75, 3.05) is 0 Å². The van der Waals surface area contributed by atoms with Crippen molar-refractivity contribution in [2.24, 2.45) is 0 Å². The molecule has 0 spiro atoms. The average molecular weight is 360 g/mol. The second kappa shape index (κ2) is 6.67. The maximum Gasteiger partial charge on any atom is 0.148 e. The molecular weight excluding hydrogens is 339 g/mol. The number of halogens is 1. The number of H-pyrrole nitrogens is 1. The molecule has 2 N–H and O–H groups in total. The van der Waals surface area contributed by atoms with Gasteiger partial charge in [0.15, 0.2) is 0 Å². The third kappa shape index (κ3) is 2.94. The molecule has 1 unspecified atom stereocenters. The number of nitrogens with one attached hydrogen (secondary N) is 2. The summed E-state index contributed by atoms with van der Waals surface area (Å²) in [5.41, 5.74) is 5.15. The summed E-state index contributed by atoms with van der Waals surface area (Å²) in [7, 11) is 0. The highest BCUT2D eigenvalue weighted by Crippen LogP contribution is 2.31. The van der Waals surface area contributed by atoms with Crippen LogP contribution in [0.25, 0.3) is 16.6 Å². The van der Waals surface area contributed by atoms with Gasteiger partial charge in [0.1, 0.15) is 11.5 Å². The summed E-state index contributed by atoms with van der Waals surface area (Å²) >= 11 is 0. The molecule has 0 saturated carbocycles. The summed E-state index contributed by atoms with van der Waals surface area (Å²) in [6.45, 7) is 0.768. The molecule has 2 heterocycles. The van der Waals surface area contributed by atoms with Gasteiger partial charge in [0.25, 0.3) is 0 Å². The first-order valence-electron chi connectivity index (χ1n) is 9.41. The number of aromatic amines is 1. The van der Waals surface area contributed by atoms with Crippen molar-refractivity contribution in [3.63, 3.8) is 0 Å². The summed E-state index contributed by atoms with van der Waals surface area (Å²) in [5, 5.41) is 9.38. The van der Waals surface area contributed by atoms with E-state index >= 15 is 0 Å². The van der Waals surface area contributed by atoms with E-state index in [0.29, 0.717) is 5.69 Å². The van der Waals surface area contributed by atoms with Gasteiger partial charge in [-0.2, -0.15) is 5.10 Å². The van der Waals surface area contributed by atoms with Crippen LogP contribution in [0.5, 0.6) is 0 Å². The Morgan fingerprint density at radius 3 is 2.89 bits per heavy atom.